The van der Waals surface area contributed by atoms with Gasteiger partial charge in [0.1, 0.15) is 0 Å². The molecule has 0 aromatic carbocycles. The zero-order chi connectivity index (χ0) is 5.28. The number of rotatable bonds is 0. The van der Waals surface area contributed by atoms with Crippen LogP contribution in [0.1, 0.15) is 13.8 Å². The SMILES string of the molecule is CC1=[CH][Sb][CH]=C1C.[Zr]. The van der Waals surface area contributed by atoms with Crippen molar-refractivity contribution < 1.29 is 26.2 Å². The second-order valence-electron chi connectivity index (χ2n) is 1.77. The molecule has 8 heavy (non-hydrogen) atoms. The van der Waals surface area contributed by atoms with Gasteiger partial charge in [-0.15, -0.1) is 0 Å². The van der Waals surface area contributed by atoms with Gasteiger partial charge in [0, 0.05) is 26.2 Å². The van der Waals surface area contributed by atoms with Crippen LogP contribution in [0.2, 0.25) is 0 Å². The molecule has 0 unspecified atom stereocenters. The van der Waals surface area contributed by atoms with Crippen LogP contribution in [-0.4, -0.2) is 21.6 Å². The Morgan fingerprint density at radius 1 is 1.12 bits per heavy atom. The van der Waals surface area contributed by atoms with Crippen LogP contribution in [0.15, 0.2) is 19.2 Å². The minimum Gasteiger partial charge on any atom is 0 e. The maximum Gasteiger partial charge on any atom is 0 e. The van der Waals surface area contributed by atoms with Gasteiger partial charge >= 0.3 is 54.7 Å². The minimum atomic E-state index is 0. The van der Waals surface area contributed by atoms with Crippen molar-refractivity contribution >= 4 is 21.6 Å². The zero-order valence-corrected chi connectivity index (χ0v) is 10.1. The van der Waals surface area contributed by atoms with E-state index < -0.39 is 0 Å². The normalized spacial score (nSPS) is 16.8. The summed E-state index contributed by atoms with van der Waals surface area (Å²) in [5.74, 6) is 0. The summed E-state index contributed by atoms with van der Waals surface area (Å²) >= 11 is 0.0421. The Kier molecular flexibility index (Phi) is 4.67. The molecule has 0 aromatic rings. The van der Waals surface area contributed by atoms with E-state index in [2.05, 4.69) is 21.9 Å². The van der Waals surface area contributed by atoms with Gasteiger partial charge in [0.15, 0.2) is 0 Å². The van der Waals surface area contributed by atoms with Gasteiger partial charge in [0.2, 0.25) is 0 Å². The predicted octanol–water partition coefficient (Wildman–Crippen LogP) is 1.51. The van der Waals surface area contributed by atoms with Gasteiger partial charge in [-0.2, -0.15) is 0 Å². The third-order valence-electron chi connectivity index (χ3n) is 1.16. The van der Waals surface area contributed by atoms with Crippen LogP contribution in [0.25, 0.3) is 0 Å². The van der Waals surface area contributed by atoms with E-state index in [0.717, 1.165) is 0 Å². The Labute approximate surface area is 80.1 Å². The first-order chi connectivity index (χ1) is 3.30. The number of hydrogen-bond donors (Lipinski definition) is 0. The summed E-state index contributed by atoms with van der Waals surface area (Å²) in [5, 5.41) is 0. The molecule has 0 saturated heterocycles. The van der Waals surface area contributed by atoms with Gasteiger partial charge in [-0.3, -0.25) is 0 Å². The molecule has 1 heterocycles. The van der Waals surface area contributed by atoms with Gasteiger partial charge in [0.05, 0.1) is 0 Å². The van der Waals surface area contributed by atoms with Gasteiger partial charge in [-0.05, 0) is 0 Å². The van der Waals surface area contributed by atoms with Crippen molar-refractivity contribution in [2.75, 3.05) is 0 Å². The molecule has 0 aliphatic carbocycles. The largest absolute Gasteiger partial charge is 0 e. The van der Waals surface area contributed by atoms with Crippen LogP contribution in [0, 0.1) is 0 Å². The molecule has 1 rings (SSSR count). The van der Waals surface area contributed by atoms with Crippen LogP contribution in [0.3, 0.4) is 0 Å². The molecule has 0 nitrogen and oxygen atoms in total. The van der Waals surface area contributed by atoms with Crippen molar-refractivity contribution in [3.05, 3.63) is 19.2 Å². The van der Waals surface area contributed by atoms with Gasteiger partial charge in [-0.25, -0.2) is 0 Å². The monoisotopic (exact) mass is 291 g/mol. The first-order valence-corrected chi connectivity index (χ1v) is 5.29. The molecule has 0 spiro atoms. The third-order valence-corrected chi connectivity index (χ3v) is 4.22. The summed E-state index contributed by atoms with van der Waals surface area (Å²) in [6.07, 6.45) is 0. The van der Waals surface area contributed by atoms with Gasteiger partial charge < -0.3 is 0 Å². The Morgan fingerprint density at radius 3 is 1.62 bits per heavy atom. The second-order valence-corrected chi connectivity index (χ2v) is 4.10. The molecule has 0 atom stereocenters. The van der Waals surface area contributed by atoms with E-state index in [-0.39, 0.29) is 47.8 Å². The summed E-state index contributed by atoms with van der Waals surface area (Å²) < 4.78 is 4.79. The van der Waals surface area contributed by atoms with Crippen molar-refractivity contribution in [1.82, 2.24) is 0 Å². The zero-order valence-electron chi connectivity index (χ0n) is 5.10. The first-order valence-electron chi connectivity index (χ1n) is 2.34. The Bertz CT molecular complexity index is 119. The van der Waals surface area contributed by atoms with Gasteiger partial charge in [0.25, 0.3) is 0 Å². The first kappa shape index (κ1) is 9.18. The van der Waals surface area contributed by atoms with E-state index in [4.69, 9.17) is 0 Å². The fourth-order valence-electron chi connectivity index (χ4n) is 0.465. The average molecular weight is 293 g/mol. The van der Waals surface area contributed by atoms with Crippen molar-refractivity contribution in [1.29, 1.82) is 0 Å². The standard InChI is InChI=1S/C6H8.Sb.Zr/c1-5(2)6(3)4;;/h1,3H,2,4H3;;. The van der Waals surface area contributed by atoms with E-state index in [1.54, 1.807) is 0 Å². The molecule has 2 heteroatoms. The predicted molar refractivity (Wildman–Crippen MR) is 33.3 cm³/mol. The summed E-state index contributed by atoms with van der Waals surface area (Å²) in [6, 6.07) is 0. The number of allylic oxidation sites excluding steroid dienone is 2. The summed E-state index contributed by atoms with van der Waals surface area (Å²) in [4.78, 5) is 0. The summed E-state index contributed by atoms with van der Waals surface area (Å²) in [7, 11) is 0. The van der Waals surface area contributed by atoms with E-state index in [9.17, 15) is 0 Å². The smallest absolute Gasteiger partial charge is 0 e. The molecule has 0 amide bonds. The Hall–Kier alpha value is 1.18. The van der Waals surface area contributed by atoms with Gasteiger partial charge in [-0.1, -0.05) is 0 Å². The molecular weight excluding hydrogens is 285 g/mol. The van der Waals surface area contributed by atoms with Crippen LogP contribution in [0.5, 0.6) is 0 Å². The molecule has 0 bridgehead atoms. The number of hydrogen-bond acceptors (Lipinski definition) is 0. The topological polar surface area (TPSA) is 0 Å². The minimum absolute atomic E-state index is 0. The van der Waals surface area contributed by atoms with Crippen molar-refractivity contribution in [2.45, 2.75) is 13.8 Å². The van der Waals surface area contributed by atoms with Crippen LogP contribution in [0.4, 0.5) is 0 Å². The molecule has 1 aliphatic rings. The maximum absolute atomic E-state index is 2.40. The van der Waals surface area contributed by atoms with Crippen molar-refractivity contribution in [2.24, 2.45) is 0 Å². The average Bonchev–Trinajstić information content (AvgIpc) is 1.91. The Balaban J connectivity index is 0.000000490. The fraction of sp³-hybridized carbons (Fsp3) is 0.333. The molecule has 0 N–H and O–H groups in total. The maximum atomic E-state index is 2.40. The third kappa shape index (κ3) is 2.19. The second kappa shape index (κ2) is 4.07. The molecule has 0 fully saturated rings. The fourth-order valence-corrected chi connectivity index (χ4v) is 3.12. The van der Waals surface area contributed by atoms with Crippen LogP contribution >= 0.6 is 0 Å². The summed E-state index contributed by atoms with van der Waals surface area (Å²) in [6.45, 7) is 4.38. The quantitative estimate of drug-likeness (QED) is 0.594. The molecular formula is C6H8SbZr. The summed E-state index contributed by atoms with van der Waals surface area (Å²) in [5.41, 5.74) is 3.02. The van der Waals surface area contributed by atoms with Crippen LogP contribution < -0.4 is 0 Å². The van der Waals surface area contributed by atoms with Crippen molar-refractivity contribution in [3.8, 4) is 0 Å². The van der Waals surface area contributed by atoms with E-state index in [1.807, 2.05) is 0 Å². The van der Waals surface area contributed by atoms with Crippen LogP contribution in [-0.2, 0) is 26.2 Å². The molecule has 0 saturated carbocycles. The van der Waals surface area contributed by atoms with E-state index in [1.165, 1.54) is 11.1 Å². The van der Waals surface area contributed by atoms with Crippen molar-refractivity contribution in [3.63, 3.8) is 0 Å². The van der Waals surface area contributed by atoms with E-state index in [0.29, 0.717) is 0 Å². The van der Waals surface area contributed by atoms with E-state index >= 15 is 0 Å². The molecule has 0 aromatic heterocycles. The molecule has 1 radical (unpaired) electrons. The molecule has 41 valence electrons. The molecule has 1 aliphatic heterocycles. The Morgan fingerprint density at radius 2 is 1.50 bits per heavy atom.